The van der Waals surface area contributed by atoms with Crippen LogP contribution >= 0.6 is 0 Å². The first-order chi connectivity index (χ1) is 23.8. The van der Waals surface area contributed by atoms with Crippen molar-refractivity contribution in [3.63, 3.8) is 0 Å². The number of aliphatic carboxylic acids is 2. The molecule has 0 spiro atoms. The van der Waals surface area contributed by atoms with Crippen molar-refractivity contribution in [1.82, 2.24) is 0 Å². The molecule has 49 heavy (non-hydrogen) atoms. The molecule has 0 aliphatic carbocycles. The normalized spacial score (nSPS) is 11.6. The van der Waals surface area contributed by atoms with Crippen molar-refractivity contribution >= 4 is 11.9 Å². The van der Waals surface area contributed by atoms with E-state index in [9.17, 15) is 19.8 Å². The maximum atomic E-state index is 12.1. The lowest BCUT2D eigenvalue weighted by atomic mass is 9.83. The number of rotatable bonds is 40. The van der Waals surface area contributed by atoms with Crippen LogP contribution in [0.25, 0.3) is 0 Å². The minimum absolute atomic E-state index is 0.0487. The van der Waals surface area contributed by atoms with Crippen LogP contribution in [0.1, 0.15) is 232 Å². The maximum Gasteiger partial charge on any atom is 0.333 e. The zero-order chi connectivity index (χ0) is 36.3. The highest BCUT2D eigenvalue weighted by Crippen LogP contribution is 2.34. The molecule has 0 aromatic carbocycles. The molecule has 0 heterocycles. The highest BCUT2D eigenvalue weighted by Gasteiger charge is 2.37. The first-order valence-corrected chi connectivity index (χ1v) is 21.3. The summed E-state index contributed by atoms with van der Waals surface area (Å²) in [6.07, 6.45) is 42.2. The van der Waals surface area contributed by atoms with Crippen molar-refractivity contribution in [2.75, 3.05) is 6.61 Å². The summed E-state index contributed by atoms with van der Waals surface area (Å²) in [6, 6.07) is 0. The molecule has 0 saturated heterocycles. The molecule has 0 aliphatic rings. The van der Waals surface area contributed by atoms with Crippen LogP contribution in [-0.2, 0) is 14.3 Å². The van der Waals surface area contributed by atoms with Crippen molar-refractivity contribution in [3.8, 4) is 0 Å². The van der Waals surface area contributed by atoms with Crippen LogP contribution in [0, 0.1) is 0 Å². The first kappa shape index (κ1) is 47.4. The van der Waals surface area contributed by atoms with Gasteiger partial charge in [-0.15, -0.1) is 0 Å². The Morgan fingerprint density at radius 3 is 0.898 bits per heavy atom. The Labute approximate surface area is 304 Å². The lowest BCUT2D eigenvalue weighted by molar-refractivity contribution is -0.137. The van der Waals surface area contributed by atoms with Crippen LogP contribution in [0.2, 0.25) is 0 Å². The van der Waals surface area contributed by atoms with Crippen LogP contribution in [0.3, 0.4) is 0 Å². The number of unbranched alkanes of at least 4 members (excludes halogenated alkanes) is 30. The lowest BCUT2D eigenvalue weighted by Gasteiger charge is -2.35. The molecule has 0 bridgehead atoms. The van der Waals surface area contributed by atoms with Gasteiger partial charge in [-0.3, -0.25) is 0 Å². The van der Waals surface area contributed by atoms with Gasteiger partial charge in [-0.05, 0) is 12.8 Å². The molecule has 0 aliphatic heterocycles. The predicted octanol–water partition coefficient (Wildman–Crippen LogP) is 14.3. The van der Waals surface area contributed by atoms with Gasteiger partial charge in [0, 0.05) is 0 Å². The highest BCUT2D eigenvalue weighted by atomic mass is 16.5. The quantitative estimate of drug-likeness (QED) is 0.0494. The fourth-order valence-electron chi connectivity index (χ4n) is 7.06. The fourth-order valence-corrected chi connectivity index (χ4v) is 7.06. The van der Waals surface area contributed by atoms with Gasteiger partial charge in [-0.25, -0.2) is 9.59 Å². The van der Waals surface area contributed by atoms with Crippen LogP contribution in [0.5, 0.6) is 0 Å². The van der Waals surface area contributed by atoms with Crippen LogP contribution in [0.4, 0.5) is 0 Å². The molecule has 0 amide bonds. The van der Waals surface area contributed by atoms with E-state index in [-0.39, 0.29) is 17.8 Å². The zero-order valence-electron chi connectivity index (χ0n) is 32.8. The zero-order valence-corrected chi connectivity index (χ0v) is 32.8. The van der Waals surface area contributed by atoms with E-state index in [2.05, 4.69) is 27.0 Å². The van der Waals surface area contributed by atoms with E-state index in [1.54, 1.807) is 0 Å². The fraction of sp³-hybridized carbons (Fsp3) is 0.864. The smallest absolute Gasteiger partial charge is 0.333 e. The van der Waals surface area contributed by atoms with Gasteiger partial charge in [0.1, 0.15) is 5.60 Å². The molecule has 2 N–H and O–H groups in total. The Balaban J connectivity index is 4.39. The monoisotopic (exact) mass is 691 g/mol. The second-order valence-electron chi connectivity index (χ2n) is 15.1. The van der Waals surface area contributed by atoms with Crippen molar-refractivity contribution in [1.29, 1.82) is 0 Å². The van der Waals surface area contributed by atoms with E-state index in [1.165, 1.54) is 167 Å². The third kappa shape index (κ3) is 28.7. The Bertz CT molecular complexity index is 767. The minimum Gasteiger partial charge on any atom is -0.478 e. The molecular weight excluding hydrogens is 608 g/mol. The van der Waals surface area contributed by atoms with E-state index in [1.807, 2.05) is 0 Å². The van der Waals surface area contributed by atoms with E-state index in [0.717, 1.165) is 38.5 Å². The summed E-state index contributed by atoms with van der Waals surface area (Å²) in [4.78, 5) is 23.6. The predicted molar refractivity (Wildman–Crippen MR) is 211 cm³/mol. The van der Waals surface area contributed by atoms with E-state index in [0.29, 0.717) is 12.8 Å². The van der Waals surface area contributed by atoms with Crippen molar-refractivity contribution in [3.05, 3.63) is 24.3 Å². The number of carbonyl (C=O) groups is 2. The average Bonchev–Trinajstić information content (AvgIpc) is 3.09. The summed E-state index contributed by atoms with van der Waals surface area (Å²) < 4.78 is 6.16. The molecule has 0 radical (unpaired) electrons. The lowest BCUT2D eigenvalue weighted by Crippen LogP contribution is -2.39. The Hall–Kier alpha value is -1.62. The maximum absolute atomic E-state index is 12.1. The van der Waals surface area contributed by atoms with Crippen LogP contribution in [0.15, 0.2) is 24.3 Å². The van der Waals surface area contributed by atoms with Crippen LogP contribution < -0.4 is 0 Å². The van der Waals surface area contributed by atoms with Gasteiger partial charge in [-0.2, -0.15) is 0 Å². The summed E-state index contributed by atoms with van der Waals surface area (Å²) in [5, 5.41) is 19.3. The van der Waals surface area contributed by atoms with Gasteiger partial charge in [-0.1, -0.05) is 232 Å². The standard InChI is InChI=1S/C44H82O5/c1-5-7-9-11-13-15-17-19-21-23-25-27-29-31-33-35-37-44(41(4)43(47)48,49-39-40(3)42(45)46)38-36-34-32-30-28-26-24-22-20-18-16-14-12-10-8-6-2/h3-39H2,1-2H3,(H,45,46)(H,47,48). The molecule has 0 aromatic rings. The van der Waals surface area contributed by atoms with Gasteiger partial charge in [0.2, 0.25) is 0 Å². The number of carboxylic acids is 2. The molecule has 0 atom stereocenters. The summed E-state index contributed by atoms with van der Waals surface area (Å²) in [6.45, 7) is 11.9. The van der Waals surface area contributed by atoms with Gasteiger partial charge in [0.25, 0.3) is 0 Å². The Kier molecular flexibility index (Phi) is 33.7. The number of ether oxygens (including phenoxy) is 1. The van der Waals surface area contributed by atoms with E-state index < -0.39 is 17.5 Å². The summed E-state index contributed by atoms with van der Waals surface area (Å²) in [5.41, 5.74) is -1.05. The van der Waals surface area contributed by atoms with Gasteiger partial charge in [0.05, 0.1) is 17.8 Å². The van der Waals surface area contributed by atoms with Crippen LogP contribution in [-0.4, -0.2) is 34.4 Å². The Morgan fingerprint density at radius 2 is 0.673 bits per heavy atom. The SMILES string of the molecule is C=C(COC(CCCCCCCCCCCCCCCCCC)(CCCCCCCCCCCCCCCCCC)C(=C)C(=O)O)C(=O)O. The van der Waals surface area contributed by atoms with Crippen molar-refractivity contribution < 1.29 is 24.5 Å². The van der Waals surface area contributed by atoms with Gasteiger partial charge >= 0.3 is 11.9 Å². The van der Waals surface area contributed by atoms with E-state index >= 15 is 0 Å². The third-order valence-corrected chi connectivity index (χ3v) is 10.5. The third-order valence-electron chi connectivity index (χ3n) is 10.5. The second kappa shape index (κ2) is 34.8. The minimum atomic E-state index is -1.11. The van der Waals surface area contributed by atoms with Crippen molar-refractivity contribution in [2.45, 2.75) is 238 Å². The summed E-state index contributed by atoms with van der Waals surface area (Å²) in [7, 11) is 0. The molecular formula is C44H82O5. The summed E-state index contributed by atoms with van der Waals surface area (Å²) in [5.74, 6) is -2.17. The first-order valence-electron chi connectivity index (χ1n) is 21.3. The molecule has 0 saturated carbocycles. The Morgan fingerprint density at radius 1 is 0.429 bits per heavy atom. The largest absolute Gasteiger partial charge is 0.478 e. The van der Waals surface area contributed by atoms with Crippen molar-refractivity contribution in [2.24, 2.45) is 0 Å². The average molecular weight is 691 g/mol. The number of carboxylic acid groups (broad SMARTS) is 2. The van der Waals surface area contributed by atoms with E-state index in [4.69, 9.17) is 4.74 Å². The highest BCUT2D eigenvalue weighted by molar-refractivity contribution is 5.88. The molecule has 0 fully saturated rings. The summed E-state index contributed by atoms with van der Waals surface area (Å²) >= 11 is 0. The number of hydrogen-bond acceptors (Lipinski definition) is 3. The second-order valence-corrected chi connectivity index (χ2v) is 15.1. The topological polar surface area (TPSA) is 83.8 Å². The van der Waals surface area contributed by atoms with Gasteiger partial charge < -0.3 is 14.9 Å². The molecule has 288 valence electrons. The molecule has 5 heteroatoms. The molecule has 0 aromatic heterocycles. The number of hydrogen-bond donors (Lipinski definition) is 2. The molecule has 0 unspecified atom stereocenters. The van der Waals surface area contributed by atoms with Gasteiger partial charge in [0.15, 0.2) is 0 Å². The molecule has 5 nitrogen and oxygen atoms in total. The molecule has 0 rings (SSSR count).